The Hall–Kier alpha value is -0.810. The van der Waals surface area contributed by atoms with Crippen molar-refractivity contribution >= 4 is 23.5 Å². The first-order valence-electron chi connectivity index (χ1n) is 5.89. The molecule has 106 valence electrons. The summed E-state index contributed by atoms with van der Waals surface area (Å²) in [6, 6.07) is 0. The van der Waals surface area contributed by atoms with Crippen molar-refractivity contribution in [2.24, 2.45) is 11.8 Å². The smallest absolute Gasteiger partial charge is 0.354 e. The number of carbonyl (C=O) groups is 2. The average Bonchev–Trinajstić information content (AvgIpc) is 2.22. The quantitative estimate of drug-likeness (QED) is 0.568. The average molecular weight is 281 g/mol. The molecule has 0 fully saturated rings. The Morgan fingerprint density at radius 1 is 1.11 bits per heavy atom. The van der Waals surface area contributed by atoms with E-state index in [9.17, 15) is 14.7 Å². The molecule has 0 aromatic carbocycles. The SMILES string of the molecule is CC(C)COC(=O)CC(O)(Cl)C(=O)OCC(C)C. The number of ether oxygens (including phenoxy) is 2. The van der Waals surface area contributed by atoms with Gasteiger partial charge in [0.05, 0.1) is 19.6 Å². The van der Waals surface area contributed by atoms with Gasteiger partial charge in [-0.05, 0) is 11.8 Å². The van der Waals surface area contributed by atoms with Gasteiger partial charge in [0.25, 0.3) is 0 Å². The number of carbonyl (C=O) groups excluding carboxylic acids is 2. The lowest BCUT2D eigenvalue weighted by Crippen LogP contribution is -2.37. The zero-order valence-corrected chi connectivity index (χ0v) is 12.0. The van der Waals surface area contributed by atoms with Crippen molar-refractivity contribution in [3.63, 3.8) is 0 Å². The van der Waals surface area contributed by atoms with Gasteiger partial charge in [0, 0.05) is 0 Å². The van der Waals surface area contributed by atoms with Crippen LogP contribution in [0.4, 0.5) is 0 Å². The van der Waals surface area contributed by atoms with Crippen LogP contribution in [0.2, 0.25) is 0 Å². The van der Waals surface area contributed by atoms with E-state index < -0.39 is 23.4 Å². The second-order valence-electron chi connectivity index (χ2n) is 5.01. The molecule has 0 heterocycles. The molecule has 0 rings (SSSR count). The fourth-order valence-corrected chi connectivity index (χ4v) is 1.09. The number of esters is 2. The monoisotopic (exact) mass is 280 g/mol. The number of hydrogen-bond donors (Lipinski definition) is 1. The normalized spacial score (nSPS) is 14.4. The second-order valence-corrected chi connectivity index (χ2v) is 5.63. The number of hydrogen-bond acceptors (Lipinski definition) is 5. The minimum atomic E-state index is -2.36. The first kappa shape index (κ1) is 17.2. The molecule has 0 aromatic rings. The molecule has 6 heteroatoms. The van der Waals surface area contributed by atoms with E-state index >= 15 is 0 Å². The van der Waals surface area contributed by atoms with Gasteiger partial charge >= 0.3 is 11.9 Å². The lowest BCUT2D eigenvalue weighted by Gasteiger charge is -2.19. The molecule has 0 aliphatic carbocycles. The summed E-state index contributed by atoms with van der Waals surface area (Å²) in [4.78, 5) is 22.8. The van der Waals surface area contributed by atoms with Gasteiger partial charge in [-0.3, -0.25) is 4.79 Å². The summed E-state index contributed by atoms with van der Waals surface area (Å²) in [6.07, 6.45) is -0.627. The Morgan fingerprint density at radius 2 is 1.56 bits per heavy atom. The standard InChI is InChI=1S/C12H21ClO5/c1-8(2)6-17-10(14)5-12(13,16)11(15)18-7-9(3)4/h8-9,16H,5-7H2,1-4H3. The Bertz CT molecular complexity index is 286. The molecule has 0 saturated carbocycles. The number of rotatable bonds is 7. The number of alkyl halides is 1. The van der Waals surface area contributed by atoms with Crippen molar-refractivity contribution in [3.8, 4) is 0 Å². The van der Waals surface area contributed by atoms with Crippen molar-refractivity contribution in [1.29, 1.82) is 0 Å². The van der Waals surface area contributed by atoms with Gasteiger partial charge in [-0.15, -0.1) is 0 Å². The summed E-state index contributed by atoms with van der Waals surface area (Å²) in [7, 11) is 0. The number of halogens is 1. The van der Waals surface area contributed by atoms with Crippen molar-refractivity contribution in [3.05, 3.63) is 0 Å². The van der Waals surface area contributed by atoms with E-state index in [0.29, 0.717) is 0 Å². The highest BCUT2D eigenvalue weighted by Crippen LogP contribution is 2.19. The Labute approximate surface area is 112 Å². The fraction of sp³-hybridized carbons (Fsp3) is 0.833. The van der Waals surface area contributed by atoms with Crippen LogP contribution in [-0.2, 0) is 19.1 Å². The zero-order chi connectivity index (χ0) is 14.3. The Kier molecular flexibility index (Phi) is 7.25. The molecule has 1 N–H and O–H groups in total. The van der Waals surface area contributed by atoms with Crippen LogP contribution in [0.5, 0.6) is 0 Å². The highest BCUT2D eigenvalue weighted by molar-refractivity contribution is 6.33. The van der Waals surface area contributed by atoms with E-state index in [1.165, 1.54) is 0 Å². The molecule has 5 nitrogen and oxygen atoms in total. The third-order valence-corrected chi connectivity index (χ3v) is 2.10. The zero-order valence-electron chi connectivity index (χ0n) is 11.2. The van der Waals surface area contributed by atoms with Gasteiger partial charge in [0.1, 0.15) is 0 Å². The third kappa shape index (κ3) is 7.50. The van der Waals surface area contributed by atoms with Crippen LogP contribution < -0.4 is 0 Å². The van der Waals surface area contributed by atoms with E-state index in [1.807, 2.05) is 27.7 Å². The van der Waals surface area contributed by atoms with E-state index in [2.05, 4.69) is 0 Å². The molecule has 0 aliphatic heterocycles. The summed E-state index contributed by atoms with van der Waals surface area (Å²) < 4.78 is 9.59. The van der Waals surface area contributed by atoms with Crippen molar-refractivity contribution in [2.45, 2.75) is 39.2 Å². The maximum atomic E-state index is 11.4. The Morgan fingerprint density at radius 3 is 2.00 bits per heavy atom. The predicted molar refractivity (Wildman–Crippen MR) is 67.0 cm³/mol. The molecule has 0 bridgehead atoms. The largest absolute Gasteiger partial charge is 0.465 e. The highest BCUT2D eigenvalue weighted by atomic mass is 35.5. The molecule has 0 saturated heterocycles. The minimum absolute atomic E-state index is 0.120. The lowest BCUT2D eigenvalue weighted by molar-refractivity contribution is -0.165. The summed E-state index contributed by atoms with van der Waals surface area (Å²) in [5.74, 6) is -1.47. The van der Waals surface area contributed by atoms with Crippen LogP contribution >= 0.6 is 11.6 Å². The number of aliphatic hydroxyl groups is 1. The van der Waals surface area contributed by atoms with Gasteiger partial charge in [-0.2, -0.15) is 0 Å². The molecular weight excluding hydrogens is 260 g/mol. The van der Waals surface area contributed by atoms with E-state index in [-0.39, 0.29) is 25.0 Å². The van der Waals surface area contributed by atoms with Gasteiger partial charge in [0.2, 0.25) is 5.06 Å². The van der Waals surface area contributed by atoms with Crippen molar-refractivity contribution in [2.75, 3.05) is 13.2 Å². The van der Waals surface area contributed by atoms with Gasteiger partial charge < -0.3 is 14.6 Å². The topological polar surface area (TPSA) is 72.8 Å². The molecule has 18 heavy (non-hydrogen) atoms. The van der Waals surface area contributed by atoms with E-state index in [4.69, 9.17) is 21.1 Å². The molecule has 0 spiro atoms. The van der Waals surface area contributed by atoms with Crippen LogP contribution in [0, 0.1) is 11.8 Å². The third-order valence-electron chi connectivity index (χ3n) is 1.82. The van der Waals surface area contributed by atoms with E-state index in [1.54, 1.807) is 0 Å². The summed E-state index contributed by atoms with van der Waals surface area (Å²) >= 11 is 5.56. The van der Waals surface area contributed by atoms with Crippen LogP contribution in [-0.4, -0.2) is 35.3 Å². The van der Waals surface area contributed by atoms with Crippen LogP contribution in [0.25, 0.3) is 0 Å². The van der Waals surface area contributed by atoms with Gasteiger partial charge in [-0.1, -0.05) is 39.3 Å². The molecular formula is C12H21ClO5. The van der Waals surface area contributed by atoms with Crippen molar-refractivity contribution < 1.29 is 24.2 Å². The summed E-state index contributed by atoms with van der Waals surface area (Å²) in [5, 5.41) is 7.26. The molecule has 0 radical (unpaired) electrons. The second kappa shape index (κ2) is 7.59. The van der Waals surface area contributed by atoms with E-state index in [0.717, 1.165) is 0 Å². The van der Waals surface area contributed by atoms with Crippen LogP contribution in [0.15, 0.2) is 0 Å². The summed E-state index contributed by atoms with van der Waals surface area (Å²) in [6.45, 7) is 7.78. The minimum Gasteiger partial charge on any atom is -0.465 e. The molecule has 0 aliphatic rings. The van der Waals surface area contributed by atoms with Crippen molar-refractivity contribution in [1.82, 2.24) is 0 Å². The molecule has 1 unspecified atom stereocenters. The van der Waals surface area contributed by atoms with Gasteiger partial charge in [0.15, 0.2) is 0 Å². The molecule has 0 aromatic heterocycles. The maximum Gasteiger partial charge on any atom is 0.354 e. The molecule has 1 atom stereocenters. The van der Waals surface area contributed by atoms with Gasteiger partial charge in [-0.25, -0.2) is 4.79 Å². The van der Waals surface area contributed by atoms with Crippen LogP contribution in [0.3, 0.4) is 0 Å². The summed E-state index contributed by atoms with van der Waals surface area (Å²) in [5.41, 5.74) is 0. The highest BCUT2D eigenvalue weighted by Gasteiger charge is 2.38. The van der Waals surface area contributed by atoms with Crippen LogP contribution in [0.1, 0.15) is 34.1 Å². The first-order valence-corrected chi connectivity index (χ1v) is 6.27. The lowest BCUT2D eigenvalue weighted by atomic mass is 10.2. The predicted octanol–water partition coefficient (Wildman–Crippen LogP) is 1.70. The fourth-order valence-electron chi connectivity index (χ4n) is 0.927. The molecule has 0 amide bonds. The maximum absolute atomic E-state index is 11.4. The Balaban J connectivity index is 4.19. The first-order chi connectivity index (χ1) is 8.15.